The maximum Gasteiger partial charge on any atom is 0.169 e. The van der Waals surface area contributed by atoms with Crippen LogP contribution in [0.15, 0.2) is 30.5 Å². The first-order chi connectivity index (χ1) is 7.20. The molecule has 2 rings (SSSR count). The van der Waals surface area contributed by atoms with Crippen molar-refractivity contribution in [3.8, 4) is 17.0 Å². The largest absolute Gasteiger partial charge is 0.497 e. The average Bonchev–Trinajstić information content (AvgIpc) is 2.58. The van der Waals surface area contributed by atoms with Gasteiger partial charge in [-0.3, -0.25) is 4.68 Å². The molecule has 0 atom stereocenters. The van der Waals surface area contributed by atoms with Crippen molar-refractivity contribution < 1.29 is 9.13 Å². The van der Waals surface area contributed by atoms with E-state index in [0.29, 0.717) is 5.69 Å². The first-order valence-electron chi connectivity index (χ1n) is 4.54. The van der Waals surface area contributed by atoms with Crippen LogP contribution in [-0.2, 0) is 7.05 Å². The molecule has 0 bridgehead atoms. The second-order valence-electron chi connectivity index (χ2n) is 3.23. The van der Waals surface area contributed by atoms with E-state index in [9.17, 15) is 4.39 Å². The summed E-state index contributed by atoms with van der Waals surface area (Å²) in [5, 5.41) is 4.04. The van der Waals surface area contributed by atoms with E-state index in [4.69, 9.17) is 4.74 Å². The van der Waals surface area contributed by atoms with E-state index in [2.05, 4.69) is 5.10 Å². The number of rotatable bonds is 2. The molecule has 0 aliphatic carbocycles. The Morgan fingerprint density at radius 2 is 1.93 bits per heavy atom. The van der Waals surface area contributed by atoms with Gasteiger partial charge in [-0.25, -0.2) is 4.39 Å². The molecular formula is C11H11FN2O. The summed E-state index contributed by atoms with van der Waals surface area (Å²) in [6.07, 6.45) is 1.35. The first-order valence-corrected chi connectivity index (χ1v) is 4.54. The van der Waals surface area contributed by atoms with Gasteiger partial charge in [0.25, 0.3) is 0 Å². The second-order valence-corrected chi connectivity index (χ2v) is 3.23. The second kappa shape index (κ2) is 3.73. The van der Waals surface area contributed by atoms with Gasteiger partial charge in [0.2, 0.25) is 0 Å². The molecule has 0 spiro atoms. The number of hydrogen-bond donors (Lipinski definition) is 0. The van der Waals surface area contributed by atoms with Gasteiger partial charge < -0.3 is 4.74 Å². The predicted octanol–water partition coefficient (Wildman–Crippen LogP) is 2.23. The molecule has 0 fully saturated rings. The van der Waals surface area contributed by atoms with Crippen LogP contribution in [0, 0.1) is 5.82 Å². The zero-order chi connectivity index (χ0) is 10.8. The molecule has 1 aromatic carbocycles. The summed E-state index contributed by atoms with van der Waals surface area (Å²) in [5.74, 6) is 0.428. The van der Waals surface area contributed by atoms with Crippen LogP contribution in [0.1, 0.15) is 0 Å². The van der Waals surface area contributed by atoms with Crippen LogP contribution in [0.3, 0.4) is 0 Å². The van der Waals surface area contributed by atoms with Crippen molar-refractivity contribution >= 4 is 0 Å². The molecule has 4 heteroatoms. The van der Waals surface area contributed by atoms with Crippen LogP contribution < -0.4 is 4.74 Å². The number of methoxy groups -OCH3 is 1. The van der Waals surface area contributed by atoms with Crippen LogP contribution in [0.4, 0.5) is 4.39 Å². The Bertz CT molecular complexity index is 462. The van der Waals surface area contributed by atoms with Crippen molar-refractivity contribution in [2.45, 2.75) is 0 Å². The monoisotopic (exact) mass is 206 g/mol. The van der Waals surface area contributed by atoms with Crippen molar-refractivity contribution in [3.05, 3.63) is 36.3 Å². The van der Waals surface area contributed by atoms with E-state index < -0.39 is 0 Å². The standard InChI is InChI=1S/C11H11FN2O/c1-14-7-10(12)11(13-14)8-3-5-9(15-2)6-4-8/h3-7H,1-2H3. The summed E-state index contributed by atoms with van der Waals surface area (Å²) < 4.78 is 19.8. The molecule has 1 heterocycles. The minimum Gasteiger partial charge on any atom is -0.497 e. The van der Waals surface area contributed by atoms with E-state index in [1.807, 2.05) is 0 Å². The van der Waals surface area contributed by atoms with Gasteiger partial charge in [0.1, 0.15) is 11.4 Å². The number of hydrogen-bond acceptors (Lipinski definition) is 2. The maximum absolute atomic E-state index is 13.4. The minimum atomic E-state index is -0.317. The summed E-state index contributed by atoms with van der Waals surface area (Å²) in [5.41, 5.74) is 1.11. The van der Waals surface area contributed by atoms with Gasteiger partial charge in [0, 0.05) is 12.6 Å². The molecule has 0 aliphatic heterocycles. The highest BCUT2D eigenvalue weighted by molar-refractivity contribution is 5.60. The highest BCUT2D eigenvalue weighted by Crippen LogP contribution is 2.22. The van der Waals surface area contributed by atoms with Gasteiger partial charge in [0.05, 0.1) is 13.3 Å². The molecule has 0 amide bonds. The van der Waals surface area contributed by atoms with E-state index in [-0.39, 0.29) is 5.82 Å². The van der Waals surface area contributed by atoms with Crippen molar-refractivity contribution in [2.75, 3.05) is 7.11 Å². The van der Waals surface area contributed by atoms with E-state index in [1.165, 1.54) is 10.9 Å². The van der Waals surface area contributed by atoms with E-state index in [0.717, 1.165) is 11.3 Å². The Morgan fingerprint density at radius 3 is 2.40 bits per heavy atom. The summed E-state index contributed by atoms with van der Waals surface area (Å²) in [7, 11) is 3.28. The Labute approximate surface area is 87.1 Å². The lowest BCUT2D eigenvalue weighted by Crippen LogP contribution is -1.88. The number of nitrogens with zero attached hydrogens (tertiary/aromatic N) is 2. The molecule has 0 aliphatic rings. The normalized spacial score (nSPS) is 10.3. The lowest BCUT2D eigenvalue weighted by Gasteiger charge is -2.00. The molecule has 0 unspecified atom stereocenters. The molecule has 78 valence electrons. The van der Waals surface area contributed by atoms with Gasteiger partial charge >= 0.3 is 0 Å². The van der Waals surface area contributed by atoms with Crippen molar-refractivity contribution in [3.63, 3.8) is 0 Å². The molecule has 3 nitrogen and oxygen atoms in total. The smallest absolute Gasteiger partial charge is 0.169 e. The fraction of sp³-hybridized carbons (Fsp3) is 0.182. The zero-order valence-corrected chi connectivity index (χ0v) is 8.57. The Morgan fingerprint density at radius 1 is 1.27 bits per heavy atom. The fourth-order valence-corrected chi connectivity index (χ4v) is 1.40. The Kier molecular flexibility index (Phi) is 2.41. The van der Waals surface area contributed by atoms with Crippen LogP contribution in [-0.4, -0.2) is 16.9 Å². The van der Waals surface area contributed by atoms with Crippen LogP contribution in [0.5, 0.6) is 5.75 Å². The molecule has 0 radical (unpaired) electrons. The molecular weight excluding hydrogens is 195 g/mol. The van der Waals surface area contributed by atoms with Crippen LogP contribution >= 0.6 is 0 Å². The highest BCUT2D eigenvalue weighted by atomic mass is 19.1. The first kappa shape index (κ1) is 9.71. The zero-order valence-electron chi connectivity index (χ0n) is 8.57. The molecule has 15 heavy (non-hydrogen) atoms. The Balaban J connectivity index is 2.41. The third-order valence-electron chi connectivity index (χ3n) is 2.15. The quantitative estimate of drug-likeness (QED) is 0.753. The van der Waals surface area contributed by atoms with Crippen LogP contribution in [0.2, 0.25) is 0 Å². The summed E-state index contributed by atoms with van der Waals surface area (Å²) in [4.78, 5) is 0. The van der Waals surface area contributed by atoms with E-state index >= 15 is 0 Å². The van der Waals surface area contributed by atoms with Crippen molar-refractivity contribution in [2.24, 2.45) is 7.05 Å². The lowest BCUT2D eigenvalue weighted by atomic mass is 10.1. The topological polar surface area (TPSA) is 27.1 Å². The number of benzene rings is 1. The molecule has 2 aromatic rings. The summed E-state index contributed by atoms with van der Waals surface area (Å²) in [6.45, 7) is 0. The Hall–Kier alpha value is -1.84. The predicted molar refractivity (Wildman–Crippen MR) is 55.2 cm³/mol. The number of aromatic nitrogens is 2. The number of ether oxygens (including phenoxy) is 1. The van der Waals surface area contributed by atoms with Crippen molar-refractivity contribution in [1.29, 1.82) is 0 Å². The van der Waals surface area contributed by atoms with Gasteiger partial charge in [-0.2, -0.15) is 5.10 Å². The maximum atomic E-state index is 13.4. The van der Waals surface area contributed by atoms with Gasteiger partial charge in [0.15, 0.2) is 5.82 Å². The molecule has 0 N–H and O–H groups in total. The lowest BCUT2D eigenvalue weighted by molar-refractivity contribution is 0.415. The third-order valence-corrected chi connectivity index (χ3v) is 2.15. The van der Waals surface area contributed by atoms with Gasteiger partial charge in [-0.05, 0) is 24.3 Å². The molecule has 1 aromatic heterocycles. The van der Waals surface area contributed by atoms with Gasteiger partial charge in [-0.1, -0.05) is 0 Å². The fourth-order valence-electron chi connectivity index (χ4n) is 1.40. The van der Waals surface area contributed by atoms with E-state index in [1.54, 1.807) is 38.4 Å². The molecule has 0 saturated heterocycles. The molecule has 0 saturated carbocycles. The third kappa shape index (κ3) is 1.83. The number of aryl methyl sites for hydroxylation is 1. The van der Waals surface area contributed by atoms with Crippen molar-refractivity contribution in [1.82, 2.24) is 9.78 Å². The van der Waals surface area contributed by atoms with Crippen LogP contribution in [0.25, 0.3) is 11.3 Å². The minimum absolute atomic E-state index is 0.317. The summed E-state index contributed by atoms with van der Waals surface area (Å²) >= 11 is 0. The summed E-state index contributed by atoms with van der Waals surface area (Å²) in [6, 6.07) is 7.13. The SMILES string of the molecule is COc1ccc(-c2nn(C)cc2F)cc1. The number of halogens is 1. The average molecular weight is 206 g/mol. The van der Waals surface area contributed by atoms with Gasteiger partial charge in [-0.15, -0.1) is 0 Å². The highest BCUT2D eigenvalue weighted by Gasteiger charge is 2.09.